The van der Waals surface area contributed by atoms with Crippen LogP contribution in [0, 0.1) is 0 Å². The molecule has 0 aromatic rings. The molecule has 0 aliphatic carbocycles. The van der Waals surface area contributed by atoms with E-state index in [4.69, 9.17) is 5.73 Å². The molecule has 1 unspecified atom stereocenters. The topological polar surface area (TPSA) is 89.3 Å². The molecule has 0 saturated heterocycles. The molecular formula is C5H12N2O3S. The average molecular weight is 180 g/mol. The minimum atomic E-state index is -3.04. The Balaban J connectivity index is 3.89. The summed E-state index contributed by atoms with van der Waals surface area (Å²) in [5, 5.41) is 2.26. The van der Waals surface area contributed by atoms with Crippen LogP contribution in [0.15, 0.2) is 0 Å². The van der Waals surface area contributed by atoms with Crippen LogP contribution in [0.25, 0.3) is 0 Å². The van der Waals surface area contributed by atoms with Crippen molar-refractivity contribution >= 4 is 15.9 Å². The molecule has 2 amide bonds. The van der Waals surface area contributed by atoms with Crippen LogP contribution in [-0.2, 0) is 9.84 Å². The van der Waals surface area contributed by atoms with Gasteiger partial charge in [-0.25, -0.2) is 13.2 Å². The van der Waals surface area contributed by atoms with Gasteiger partial charge in [0, 0.05) is 12.3 Å². The lowest BCUT2D eigenvalue weighted by Gasteiger charge is -2.09. The maximum Gasteiger partial charge on any atom is 0.312 e. The summed E-state index contributed by atoms with van der Waals surface area (Å²) >= 11 is 0. The standard InChI is InChI=1S/C5H12N2O3S/c1-4(7-5(6)8)3-11(2,9)10/h4H,3H2,1-2H3,(H3,6,7,8). The van der Waals surface area contributed by atoms with Crippen molar-refractivity contribution < 1.29 is 13.2 Å². The van der Waals surface area contributed by atoms with E-state index in [9.17, 15) is 13.2 Å². The smallest absolute Gasteiger partial charge is 0.312 e. The summed E-state index contributed by atoms with van der Waals surface area (Å²) < 4.78 is 21.3. The molecule has 0 fully saturated rings. The molecule has 0 heterocycles. The van der Waals surface area contributed by atoms with Crippen LogP contribution in [0.2, 0.25) is 0 Å². The first kappa shape index (κ1) is 10.2. The Kier molecular flexibility index (Phi) is 3.31. The largest absolute Gasteiger partial charge is 0.352 e. The third kappa shape index (κ3) is 7.11. The predicted octanol–water partition coefficient (Wildman–Crippen LogP) is -0.912. The number of nitrogens with one attached hydrogen (secondary N) is 1. The normalized spacial score (nSPS) is 14.0. The first-order valence-electron chi connectivity index (χ1n) is 3.05. The zero-order chi connectivity index (χ0) is 9.07. The zero-order valence-electron chi connectivity index (χ0n) is 6.49. The summed E-state index contributed by atoms with van der Waals surface area (Å²) in [5.41, 5.74) is 4.77. The molecule has 0 radical (unpaired) electrons. The van der Waals surface area contributed by atoms with Crippen LogP contribution in [0.1, 0.15) is 6.92 Å². The number of hydrogen-bond acceptors (Lipinski definition) is 3. The van der Waals surface area contributed by atoms with Gasteiger partial charge in [-0.05, 0) is 6.92 Å². The summed E-state index contributed by atoms with van der Waals surface area (Å²) in [7, 11) is -3.04. The van der Waals surface area contributed by atoms with Crippen molar-refractivity contribution in [2.45, 2.75) is 13.0 Å². The molecule has 6 heteroatoms. The van der Waals surface area contributed by atoms with Gasteiger partial charge in [0.1, 0.15) is 9.84 Å². The summed E-state index contributed by atoms with van der Waals surface area (Å²) in [6.45, 7) is 1.58. The van der Waals surface area contributed by atoms with Gasteiger partial charge in [-0.15, -0.1) is 0 Å². The molecule has 0 saturated carbocycles. The van der Waals surface area contributed by atoms with Crippen LogP contribution < -0.4 is 11.1 Å². The van der Waals surface area contributed by atoms with Gasteiger partial charge in [0.05, 0.1) is 5.75 Å². The Hall–Kier alpha value is -0.780. The SMILES string of the molecule is CC(CS(C)(=O)=O)NC(N)=O. The van der Waals surface area contributed by atoms with E-state index in [1.807, 2.05) is 0 Å². The number of hydrogen-bond donors (Lipinski definition) is 2. The highest BCUT2D eigenvalue weighted by Gasteiger charge is 2.10. The van der Waals surface area contributed by atoms with Crippen LogP contribution in [0.3, 0.4) is 0 Å². The Morgan fingerprint density at radius 1 is 1.64 bits per heavy atom. The van der Waals surface area contributed by atoms with Crippen LogP contribution >= 0.6 is 0 Å². The van der Waals surface area contributed by atoms with E-state index in [-0.39, 0.29) is 5.75 Å². The average Bonchev–Trinajstić information content (AvgIpc) is 1.53. The number of sulfone groups is 1. The summed E-state index contributed by atoms with van der Waals surface area (Å²) in [6.07, 6.45) is 1.10. The maximum absolute atomic E-state index is 10.6. The Morgan fingerprint density at radius 3 is 2.36 bits per heavy atom. The molecule has 0 aliphatic heterocycles. The molecule has 0 bridgehead atoms. The highest BCUT2D eigenvalue weighted by atomic mass is 32.2. The van der Waals surface area contributed by atoms with Gasteiger partial charge in [-0.2, -0.15) is 0 Å². The van der Waals surface area contributed by atoms with Gasteiger partial charge < -0.3 is 11.1 Å². The van der Waals surface area contributed by atoms with E-state index in [1.54, 1.807) is 6.92 Å². The monoisotopic (exact) mass is 180 g/mol. The molecule has 1 atom stereocenters. The lowest BCUT2D eigenvalue weighted by atomic mass is 10.4. The van der Waals surface area contributed by atoms with Crippen LogP contribution in [0.5, 0.6) is 0 Å². The van der Waals surface area contributed by atoms with Crippen molar-refractivity contribution in [1.29, 1.82) is 0 Å². The van der Waals surface area contributed by atoms with Crippen molar-refractivity contribution in [3.8, 4) is 0 Å². The number of rotatable bonds is 3. The van der Waals surface area contributed by atoms with E-state index >= 15 is 0 Å². The second-order valence-corrected chi connectivity index (χ2v) is 4.69. The number of carbonyl (C=O) groups excluding carboxylic acids is 1. The van der Waals surface area contributed by atoms with E-state index in [0.29, 0.717) is 0 Å². The van der Waals surface area contributed by atoms with Crippen LogP contribution in [0.4, 0.5) is 4.79 Å². The third-order valence-corrected chi connectivity index (χ3v) is 2.05. The second-order valence-electron chi connectivity index (χ2n) is 2.50. The van der Waals surface area contributed by atoms with Crippen molar-refractivity contribution in [3.63, 3.8) is 0 Å². The lowest BCUT2D eigenvalue weighted by Crippen LogP contribution is -2.40. The highest BCUT2D eigenvalue weighted by molar-refractivity contribution is 7.90. The Bertz CT molecular complexity index is 234. The first-order chi connectivity index (χ1) is 4.81. The predicted molar refractivity (Wildman–Crippen MR) is 41.9 cm³/mol. The summed E-state index contributed by atoms with van der Waals surface area (Å²) in [4.78, 5) is 10.2. The van der Waals surface area contributed by atoms with Gasteiger partial charge in [0.2, 0.25) is 0 Å². The Labute approximate surface area is 65.9 Å². The number of urea groups is 1. The molecule has 0 rings (SSSR count). The molecule has 66 valence electrons. The van der Waals surface area contributed by atoms with E-state index in [0.717, 1.165) is 6.26 Å². The van der Waals surface area contributed by atoms with Crippen molar-refractivity contribution in [2.75, 3.05) is 12.0 Å². The molecule has 0 aromatic carbocycles. The quantitative estimate of drug-likeness (QED) is 0.589. The van der Waals surface area contributed by atoms with Gasteiger partial charge >= 0.3 is 6.03 Å². The fourth-order valence-electron chi connectivity index (χ4n) is 0.739. The minimum absolute atomic E-state index is 0.0874. The number of carbonyl (C=O) groups is 1. The van der Waals surface area contributed by atoms with Crippen molar-refractivity contribution in [3.05, 3.63) is 0 Å². The number of primary amides is 1. The van der Waals surface area contributed by atoms with Crippen molar-refractivity contribution in [1.82, 2.24) is 5.32 Å². The highest BCUT2D eigenvalue weighted by Crippen LogP contribution is 1.88. The molecular weight excluding hydrogens is 168 g/mol. The van der Waals surface area contributed by atoms with E-state index in [1.165, 1.54) is 0 Å². The van der Waals surface area contributed by atoms with Gasteiger partial charge in [0.15, 0.2) is 0 Å². The fourth-order valence-corrected chi connectivity index (χ4v) is 1.73. The summed E-state index contributed by atoms with van der Waals surface area (Å²) in [5.74, 6) is -0.0874. The number of amides is 2. The minimum Gasteiger partial charge on any atom is -0.352 e. The number of nitrogens with two attached hydrogens (primary N) is 1. The fraction of sp³-hybridized carbons (Fsp3) is 0.800. The van der Waals surface area contributed by atoms with E-state index in [2.05, 4.69) is 5.32 Å². The molecule has 11 heavy (non-hydrogen) atoms. The molecule has 5 nitrogen and oxygen atoms in total. The first-order valence-corrected chi connectivity index (χ1v) is 5.11. The van der Waals surface area contributed by atoms with Gasteiger partial charge in [0.25, 0.3) is 0 Å². The van der Waals surface area contributed by atoms with Gasteiger partial charge in [-0.1, -0.05) is 0 Å². The van der Waals surface area contributed by atoms with Crippen molar-refractivity contribution in [2.24, 2.45) is 5.73 Å². The lowest BCUT2D eigenvalue weighted by molar-refractivity contribution is 0.247. The second kappa shape index (κ2) is 3.56. The maximum atomic E-state index is 10.6. The van der Waals surface area contributed by atoms with Crippen LogP contribution in [-0.4, -0.2) is 32.5 Å². The summed E-state index contributed by atoms with van der Waals surface area (Å²) in [6, 6.07) is -1.14. The molecule has 3 N–H and O–H groups in total. The van der Waals surface area contributed by atoms with Gasteiger partial charge in [-0.3, -0.25) is 0 Å². The van der Waals surface area contributed by atoms with E-state index < -0.39 is 21.9 Å². The molecule has 0 aliphatic rings. The third-order valence-electron chi connectivity index (χ3n) is 0.941. The molecule has 0 aromatic heterocycles. The molecule has 0 spiro atoms. The Morgan fingerprint density at radius 2 is 2.09 bits per heavy atom. The zero-order valence-corrected chi connectivity index (χ0v) is 7.31.